The number of rotatable bonds is 8. The third kappa shape index (κ3) is 7.19. The van der Waals surface area contributed by atoms with Crippen LogP contribution in [-0.4, -0.2) is 40.1 Å². The van der Waals surface area contributed by atoms with Crippen molar-refractivity contribution >= 4 is 72.1 Å². The number of hydrogen-bond donors (Lipinski definition) is 2. The number of amides is 1. The number of nitrogens with zero attached hydrogens (tertiary/aromatic N) is 1. The Kier molecular flexibility index (Phi) is 8.91. The second-order valence-corrected chi connectivity index (χ2v) is 13.7. The van der Waals surface area contributed by atoms with E-state index in [1.54, 1.807) is 36.4 Å². The van der Waals surface area contributed by atoms with Crippen molar-refractivity contribution in [2.75, 3.05) is 23.1 Å². The van der Waals surface area contributed by atoms with Crippen molar-refractivity contribution in [1.82, 2.24) is 4.31 Å². The molecule has 0 bridgehead atoms. The smallest absolute Gasteiger partial charge is 0.261 e. The van der Waals surface area contributed by atoms with Gasteiger partial charge in [0.2, 0.25) is 15.9 Å². The number of carbonyl (C=O) groups is 1. The molecule has 0 radical (unpaired) electrons. The zero-order valence-electron chi connectivity index (χ0n) is 19.9. The van der Waals surface area contributed by atoms with Gasteiger partial charge in [-0.25, -0.2) is 21.1 Å². The van der Waals surface area contributed by atoms with Gasteiger partial charge < -0.3 is 5.32 Å². The van der Waals surface area contributed by atoms with Crippen LogP contribution in [0.2, 0.25) is 15.1 Å². The molecule has 1 saturated heterocycles. The summed E-state index contributed by atoms with van der Waals surface area (Å²) >= 11 is 17.7. The van der Waals surface area contributed by atoms with E-state index in [4.69, 9.17) is 34.8 Å². The van der Waals surface area contributed by atoms with Crippen molar-refractivity contribution in [2.24, 2.45) is 5.92 Å². The summed E-state index contributed by atoms with van der Waals surface area (Å²) in [6, 6.07) is 16.8. The fourth-order valence-corrected chi connectivity index (χ4v) is 7.08. The van der Waals surface area contributed by atoms with Crippen molar-refractivity contribution in [3.63, 3.8) is 0 Å². The van der Waals surface area contributed by atoms with E-state index in [1.165, 1.54) is 34.6 Å². The first-order valence-electron chi connectivity index (χ1n) is 11.5. The SMILES string of the molecule is O=C(Nc1ccc(S(=O)(=O)Nc2ccc(Cl)cc2)cc1)C1CCN(S(=O)(=O)Cc2ccc(Cl)c(Cl)c2)CC1. The fourth-order valence-electron chi connectivity index (χ4n) is 4.02. The average Bonchev–Trinajstić information content (AvgIpc) is 2.88. The van der Waals surface area contributed by atoms with E-state index in [0.717, 1.165) is 0 Å². The molecule has 38 heavy (non-hydrogen) atoms. The lowest BCUT2D eigenvalue weighted by Crippen LogP contribution is -2.41. The van der Waals surface area contributed by atoms with Gasteiger partial charge in [-0.1, -0.05) is 40.9 Å². The van der Waals surface area contributed by atoms with Gasteiger partial charge in [-0.05, 0) is 79.1 Å². The minimum atomic E-state index is -3.82. The lowest BCUT2D eigenvalue weighted by Gasteiger charge is -2.30. The van der Waals surface area contributed by atoms with Crippen molar-refractivity contribution in [1.29, 1.82) is 0 Å². The molecule has 2 N–H and O–H groups in total. The quantitative estimate of drug-likeness (QED) is 0.341. The molecule has 13 heteroatoms. The minimum Gasteiger partial charge on any atom is -0.326 e. The number of nitrogens with one attached hydrogen (secondary N) is 2. The Morgan fingerprint density at radius 3 is 2.03 bits per heavy atom. The van der Waals surface area contributed by atoms with E-state index in [-0.39, 0.29) is 40.6 Å². The van der Waals surface area contributed by atoms with Gasteiger partial charge in [-0.15, -0.1) is 0 Å². The second-order valence-electron chi connectivity index (χ2n) is 8.80. The summed E-state index contributed by atoms with van der Waals surface area (Å²) in [6.45, 7) is 0.435. The number of benzene rings is 3. The van der Waals surface area contributed by atoms with E-state index in [0.29, 0.717) is 39.8 Å². The highest BCUT2D eigenvalue weighted by atomic mass is 35.5. The maximum atomic E-state index is 12.9. The van der Waals surface area contributed by atoms with E-state index in [9.17, 15) is 21.6 Å². The summed E-state index contributed by atoms with van der Waals surface area (Å²) < 4.78 is 54.8. The van der Waals surface area contributed by atoms with E-state index in [2.05, 4.69) is 10.0 Å². The Labute approximate surface area is 237 Å². The molecule has 0 saturated carbocycles. The highest BCUT2D eigenvalue weighted by molar-refractivity contribution is 7.92. The number of piperidine rings is 1. The Morgan fingerprint density at radius 2 is 1.42 bits per heavy atom. The molecule has 0 aliphatic carbocycles. The topological polar surface area (TPSA) is 113 Å². The van der Waals surface area contributed by atoms with Crippen molar-refractivity contribution in [3.05, 3.63) is 87.4 Å². The fraction of sp³-hybridized carbons (Fsp3) is 0.240. The van der Waals surface area contributed by atoms with Crippen LogP contribution in [0.5, 0.6) is 0 Å². The van der Waals surface area contributed by atoms with Crippen LogP contribution < -0.4 is 10.0 Å². The molecule has 8 nitrogen and oxygen atoms in total. The van der Waals surface area contributed by atoms with Crippen LogP contribution in [0.3, 0.4) is 0 Å². The van der Waals surface area contributed by atoms with Crippen molar-refractivity contribution in [2.45, 2.75) is 23.5 Å². The molecule has 0 atom stereocenters. The van der Waals surface area contributed by atoms with Gasteiger partial charge in [0.15, 0.2) is 0 Å². The summed E-state index contributed by atoms with van der Waals surface area (Å²) in [7, 11) is -7.41. The molecular weight excluding hydrogens is 593 g/mol. The predicted molar refractivity (Wildman–Crippen MR) is 151 cm³/mol. The van der Waals surface area contributed by atoms with Gasteiger partial charge in [0.25, 0.3) is 10.0 Å². The van der Waals surface area contributed by atoms with Crippen molar-refractivity contribution in [3.8, 4) is 0 Å². The maximum absolute atomic E-state index is 12.9. The summed E-state index contributed by atoms with van der Waals surface area (Å²) in [5.74, 6) is -0.828. The van der Waals surface area contributed by atoms with Gasteiger partial charge in [0.05, 0.1) is 20.7 Å². The predicted octanol–water partition coefficient (Wildman–Crippen LogP) is 5.63. The molecule has 1 fully saturated rings. The molecule has 3 aromatic carbocycles. The van der Waals surface area contributed by atoms with Crippen LogP contribution in [0.15, 0.2) is 71.6 Å². The van der Waals surface area contributed by atoms with Gasteiger partial charge >= 0.3 is 0 Å². The molecule has 1 amide bonds. The third-order valence-electron chi connectivity index (χ3n) is 6.08. The molecular formula is C25H24Cl3N3O5S2. The highest BCUT2D eigenvalue weighted by Crippen LogP contribution is 2.27. The monoisotopic (exact) mass is 615 g/mol. The zero-order valence-corrected chi connectivity index (χ0v) is 23.8. The van der Waals surface area contributed by atoms with Crippen LogP contribution in [-0.2, 0) is 30.6 Å². The molecule has 0 spiro atoms. The molecule has 0 unspecified atom stereocenters. The lowest BCUT2D eigenvalue weighted by atomic mass is 9.97. The van der Waals surface area contributed by atoms with E-state index in [1.807, 2.05) is 0 Å². The lowest BCUT2D eigenvalue weighted by molar-refractivity contribution is -0.120. The Morgan fingerprint density at radius 1 is 0.816 bits per heavy atom. The van der Waals surface area contributed by atoms with Gasteiger partial charge in [-0.2, -0.15) is 0 Å². The molecule has 1 aliphatic rings. The minimum absolute atomic E-state index is 0.0333. The molecule has 3 aromatic rings. The first kappa shape index (κ1) is 28.7. The van der Waals surface area contributed by atoms with Gasteiger partial charge in [-0.3, -0.25) is 9.52 Å². The number of carbonyl (C=O) groups excluding carboxylic acids is 1. The number of halogens is 3. The number of hydrogen-bond acceptors (Lipinski definition) is 5. The maximum Gasteiger partial charge on any atom is 0.261 e. The first-order valence-corrected chi connectivity index (χ1v) is 15.8. The van der Waals surface area contributed by atoms with Crippen LogP contribution in [0.4, 0.5) is 11.4 Å². The van der Waals surface area contributed by atoms with Gasteiger partial charge in [0.1, 0.15) is 0 Å². The van der Waals surface area contributed by atoms with Crippen LogP contribution >= 0.6 is 34.8 Å². The Hall–Kier alpha value is -2.34. The largest absolute Gasteiger partial charge is 0.326 e. The van der Waals surface area contributed by atoms with Crippen LogP contribution in [0.1, 0.15) is 18.4 Å². The highest BCUT2D eigenvalue weighted by Gasteiger charge is 2.31. The summed E-state index contributed by atoms with van der Waals surface area (Å²) in [5, 5.41) is 3.92. The van der Waals surface area contributed by atoms with E-state index >= 15 is 0 Å². The summed E-state index contributed by atoms with van der Waals surface area (Å²) in [6.07, 6.45) is 0.730. The molecule has 1 heterocycles. The standard InChI is InChI=1S/C25H24Cl3N3O5S2/c26-19-2-4-21(5-3-19)30-38(35,36)22-8-6-20(7-9-22)29-25(32)18-11-13-31(14-12-18)37(33,34)16-17-1-10-23(27)24(28)15-17/h1-10,15,18,30H,11-14,16H2,(H,29,32). The molecule has 0 aromatic heterocycles. The number of sulfonamides is 2. The zero-order chi connectivity index (χ0) is 27.5. The van der Waals surface area contributed by atoms with E-state index < -0.39 is 20.0 Å². The molecule has 1 aliphatic heterocycles. The van der Waals surface area contributed by atoms with Crippen LogP contribution in [0, 0.1) is 5.92 Å². The summed E-state index contributed by atoms with van der Waals surface area (Å²) in [4.78, 5) is 12.8. The summed E-state index contributed by atoms with van der Waals surface area (Å²) in [5.41, 5.74) is 1.35. The molecule has 202 valence electrons. The van der Waals surface area contributed by atoms with Gasteiger partial charge in [0, 0.05) is 35.4 Å². The average molecular weight is 617 g/mol. The first-order chi connectivity index (χ1) is 17.9. The van der Waals surface area contributed by atoms with Crippen LogP contribution in [0.25, 0.3) is 0 Å². The normalized spacial score (nSPS) is 15.2. The second kappa shape index (κ2) is 11.8. The van der Waals surface area contributed by atoms with Crippen molar-refractivity contribution < 1.29 is 21.6 Å². The Balaban J connectivity index is 1.31. The Bertz CT molecular complexity index is 1520. The number of anilines is 2. The molecule has 4 rings (SSSR count). The third-order valence-corrected chi connectivity index (χ3v) is 10.3.